The number of carbonyl (C=O) groups excluding carboxylic acids is 1. The van der Waals surface area contributed by atoms with Crippen molar-refractivity contribution in [1.29, 1.82) is 0 Å². The number of nitrogens with zero attached hydrogens (tertiary/aromatic N) is 2. The van der Waals surface area contributed by atoms with Gasteiger partial charge in [0.2, 0.25) is 10.0 Å². The lowest BCUT2D eigenvalue weighted by Gasteiger charge is -2.45. The molecule has 1 spiro atoms. The Morgan fingerprint density at radius 1 is 0.967 bits per heavy atom. The van der Waals surface area contributed by atoms with E-state index in [1.165, 1.54) is 24.8 Å². The molecule has 154 valence electrons. The minimum atomic E-state index is -3.60. The van der Waals surface area contributed by atoms with Crippen molar-refractivity contribution in [3.05, 3.63) is 78.1 Å². The molecule has 1 saturated heterocycles. The fourth-order valence-electron chi connectivity index (χ4n) is 4.59. The number of benzene rings is 2. The molecule has 2 aromatic carbocycles. The Hall–Kier alpha value is -2.90. The van der Waals surface area contributed by atoms with Crippen LogP contribution < -0.4 is 5.32 Å². The second-order valence-corrected chi connectivity index (χ2v) is 9.91. The van der Waals surface area contributed by atoms with E-state index in [9.17, 15) is 13.2 Å². The fraction of sp³-hybridized carbons (Fsp3) is 0.261. The van der Waals surface area contributed by atoms with Crippen LogP contribution >= 0.6 is 0 Å². The molecular weight excluding hydrogens is 398 g/mol. The number of Topliss-reactive ketones (excluding diaryl/α,β-unsaturated/α-hetero) is 1. The van der Waals surface area contributed by atoms with E-state index in [2.05, 4.69) is 34.3 Å². The SMILES string of the molecule is CC(=O)c1ccc(S(=O)(=O)N2CCC3(CC2)Nc2ccccc2-n2cccc23)cc1. The van der Waals surface area contributed by atoms with Gasteiger partial charge >= 0.3 is 0 Å². The summed E-state index contributed by atoms with van der Waals surface area (Å²) in [7, 11) is -3.60. The summed E-state index contributed by atoms with van der Waals surface area (Å²) in [6.45, 7) is 2.33. The lowest BCUT2D eigenvalue weighted by molar-refractivity contribution is 0.101. The molecule has 1 aromatic heterocycles. The van der Waals surface area contributed by atoms with Gasteiger partial charge in [0.05, 0.1) is 21.8 Å². The maximum atomic E-state index is 13.1. The summed E-state index contributed by atoms with van der Waals surface area (Å²) in [6.07, 6.45) is 3.42. The van der Waals surface area contributed by atoms with Crippen LogP contribution in [0.2, 0.25) is 0 Å². The molecule has 2 aliphatic rings. The van der Waals surface area contributed by atoms with Crippen molar-refractivity contribution in [2.45, 2.75) is 30.2 Å². The lowest BCUT2D eigenvalue weighted by Crippen LogP contribution is -2.50. The van der Waals surface area contributed by atoms with Gasteiger partial charge < -0.3 is 9.88 Å². The molecule has 1 N–H and O–H groups in total. The third-order valence-corrected chi connectivity index (χ3v) is 8.16. The van der Waals surface area contributed by atoms with Gasteiger partial charge in [0.15, 0.2) is 5.78 Å². The Bertz CT molecular complexity index is 1220. The zero-order valence-electron chi connectivity index (χ0n) is 16.7. The normalized spacial score (nSPS) is 17.8. The summed E-state index contributed by atoms with van der Waals surface area (Å²) in [4.78, 5) is 11.7. The smallest absolute Gasteiger partial charge is 0.243 e. The van der Waals surface area contributed by atoms with Crippen molar-refractivity contribution < 1.29 is 13.2 Å². The highest BCUT2D eigenvalue weighted by Crippen LogP contribution is 2.43. The number of hydrogen-bond donors (Lipinski definition) is 1. The van der Waals surface area contributed by atoms with Crippen LogP contribution in [-0.2, 0) is 15.6 Å². The van der Waals surface area contributed by atoms with Gasteiger partial charge in [-0.2, -0.15) is 4.31 Å². The van der Waals surface area contributed by atoms with E-state index in [-0.39, 0.29) is 16.2 Å². The highest BCUT2D eigenvalue weighted by Gasteiger charge is 2.43. The number of sulfonamides is 1. The molecule has 7 heteroatoms. The number of para-hydroxylation sites is 2. The first kappa shape index (κ1) is 19.1. The van der Waals surface area contributed by atoms with E-state index in [0.29, 0.717) is 31.5 Å². The molecule has 0 amide bonds. The third kappa shape index (κ3) is 2.88. The Kier molecular flexibility index (Phi) is 4.34. The van der Waals surface area contributed by atoms with Gasteiger partial charge in [0.1, 0.15) is 0 Å². The molecule has 5 rings (SSSR count). The largest absolute Gasteiger partial charge is 0.372 e. The predicted molar refractivity (Wildman–Crippen MR) is 116 cm³/mol. The maximum absolute atomic E-state index is 13.1. The van der Waals surface area contributed by atoms with Crippen molar-refractivity contribution in [2.24, 2.45) is 0 Å². The van der Waals surface area contributed by atoms with Crippen molar-refractivity contribution in [3.8, 4) is 5.69 Å². The van der Waals surface area contributed by atoms with E-state index in [1.807, 2.05) is 18.2 Å². The first-order valence-electron chi connectivity index (χ1n) is 10.1. The molecular formula is C23H23N3O3S. The molecule has 3 heterocycles. The van der Waals surface area contributed by atoms with E-state index < -0.39 is 10.0 Å². The fourth-order valence-corrected chi connectivity index (χ4v) is 6.03. The minimum Gasteiger partial charge on any atom is -0.372 e. The van der Waals surface area contributed by atoms with Crippen LogP contribution in [0.3, 0.4) is 0 Å². The summed E-state index contributed by atoms with van der Waals surface area (Å²) < 4.78 is 30.1. The number of ketones is 1. The molecule has 2 aliphatic heterocycles. The number of fused-ring (bicyclic) bond motifs is 4. The standard InChI is InChI=1S/C23H23N3O3S/c1-17(27)18-8-10-19(11-9-18)30(28,29)25-15-12-23(13-16-25)22-7-4-14-26(22)21-6-3-2-5-20(21)24-23/h2-11,14,24H,12-13,15-16H2,1H3. The van der Waals surface area contributed by atoms with E-state index in [0.717, 1.165) is 11.4 Å². The molecule has 0 radical (unpaired) electrons. The minimum absolute atomic E-state index is 0.0782. The van der Waals surface area contributed by atoms with Gasteiger partial charge in [-0.25, -0.2) is 8.42 Å². The number of piperidine rings is 1. The van der Waals surface area contributed by atoms with Gasteiger partial charge in [-0.15, -0.1) is 0 Å². The molecule has 0 aliphatic carbocycles. The highest BCUT2D eigenvalue weighted by atomic mass is 32.2. The van der Waals surface area contributed by atoms with Crippen LogP contribution in [0.5, 0.6) is 0 Å². The van der Waals surface area contributed by atoms with Crippen molar-refractivity contribution in [1.82, 2.24) is 8.87 Å². The van der Waals surface area contributed by atoms with Crippen molar-refractivity contribution in [2.75, 3.05) is 18.4 Å². The van der Waals surface area contributed by atoms with Crippen LogP contribution in [0.1, 0.15) is 35.8 Å². The number of carbonyl (C=O) groups is 1. The zero-order chi connectivity index (χ0) is 20.9. The van der Waals surface area contributed by atoms with Crippen LogP contribution in [0.4, 0.5) is 5.69 Å². The molecule has 0 atom stereocenters. The van der Waals surface area contributed by atoms with Crippen LogP contribution in [0.25, 0.3) is 5.69 Å². The molecule has 1 fully saturated rings. The number of aromatic nitrogens is 1. The van der Waals surface area contributed by atoms with Gasteiger partial charge in [-0.3, -0.25) is 4.79 Å². The molecule has 6 nitrogen and oxygen atoms in total. The van der Waals surface area contributed by atoms with E-state index in [1.54, 1.807) is 16.4 Å². The number of anilines is 1. The second kappa shape index (κ2) is 6.82. The Balaban J connectivity index is 1.41. The molecule has 0 saturated carbocycles. The number of nitrogens with one attached hydrogen (secondary N) is 1. The van der Waals surface area contributed by atoms with Gasteiger partial charge in [0.25, 0.3) is 0 Å². The first-order chi connectivity index (χ1) is 14.4. The third-order valence-electron chi connectivity index (χ3n) is 6.25. The highest BCUT2D eigenvalue weighted by molar-refractivity contribution is 7.89. The zero-order valence-corrected chi connectivity index (χ0v) is 17.5. The van der Waals surface area contributed by atoms with E-state index >= 15 is 0 Å². The molecule has 3 aromatic rings. The quantitative estimate of drug-likeness (QED) is 0.654. The topological polar surface area (TPSA) is 71.4 Å². The average Bonchev–Trinajstić information content (AvgIpc) is 3.26. The molecule has 30 heavy (non-hydrogen) atoms. The summed E-state index contributed by atoms with van der Waals surface area (Å²) in [6, 6.07) is 18.6. The maximum Gasteiger partial charge on any atom is 0.243 e. The summed E-state index contributed by atoms with van der Waals surface area (Å²) >= 11 is 0. The Morgan fingerprint density at radius 3 is 2.37 bits per heavy atom. The number of rotatable bonds is 3. The van der Waals surface area contributed by atoms with Crippen LogP contribution in [0, 0.1) is 0 Å². The lowest BCUT2D eigenvalue weighted by atomic mass is 9.83. The monoisotopic (exact) mass is 421 g/mol. The van der Waals surface area contributed by atoms with Gasteiger partial charge in [-0.05, 0) is 56.2 Å². The van der Waals surface area contributed by atoms with Crippen LogP contribution in [0.15, 0.2) is 71.8 Å². The molecule has 0 unspecified atom stereocenters. The van der Waals surface area contributed by atoms with Crippen molar-refractivity contribution in [3.63, 3.8) is 0 Å². The van der Waals surface area contributed by atoms with Gasteiger partial charge in [-0.1, -0.05) is 24.3 Å². The summed E-state index contributed by atoms with van der Waals surface area (Å²) in [5.41, 5.74) is 3.57. The first-order valence-corrected chi connectivity index (χ1v) is 11.5. The van der Waals surface area contributed by atoms with Crippen molar-refractivity contribution >= 4 is 21.5 Å². The summed E-state index contributed by atoms with van der Waals surface area (Å²) in [5.74, 6) is -0.0782. The predicted octanol–water partition coefficient (Wildman–Crippen LogP) is 3.79. The van der Waals surface area contributed by atoms with Gasteiger partial charge in [0, 0.05) is 30.5 Å². The Morgan fingerprint density at radius 2 is 1.67 bits per heavy atom. The second-order valence-electron chi connectivity index (χ2n) is 7.97. The van der Waals surface area contributed by atoms with Crippen LogP contribution in [-0.4, -0.2) is 36.2 Å². The average molecular weight is 422 g/mol. The Labute approximate surface area is 176 Å². The number of hydrogen-bond acceptors (Lipinski definition) is 4. The summed E-state index contributed by atoms with van der Waals surface area (Å²) in [5, 5.41) is 3.71. The van der Waals surface area contributed by atoms with E-state index in [4.69, 9.17) is 0 Å². The molecule has 0 bridgehead atoms.